The lowest BCUT2D eigenvalue weighted by molar-refractivity contribution is -0.143. The van der Waals surface area contributed by atoms with Crippen LogP contribution in [0.1, 0.15) is 11.1 Å². The molecule has 1 heterocycles. The molecule has 0 N–H and O–H groups in total. The summed E-state index contributed by atoms with van der Waals surface area (Å²) in [7, 11) is 1.21. The number of esters is 1. The zero-order chi connectivity index (χ0) is 14.7. The minimum Gasteiger partial charge on any atom is -0.468 e. The molecule has 0 saturated carbocycles. The van der Waals surface area contributed by atoms with Crippen molar-refractivity contribution in [3.05, 3.63) is 40.3 Å². The van der Waals surface area contributed by atoms with E-state index >= 15 is 0 Å². The van der Waals surface area contributed by atoms with E-state index in [9.17, 15) is 14.4 Å². The molecule has 0 atom stereocenters. The molecule has 1 aromatic rings. The Morgan fingerprint density at radius 3 is 2.80 bits per heavy atom. The third-order valence-electron chi connectivity index (χ3n) is 2.73. The van der Waals surface area contributed by atoms with Crippen molar-refractivity contribution in [2.75, 3.05) is 13.7 Å². The van der Waals surface area contributed by atoms with Gasteiger partial charge < -0.3 is 4.74 Å². The molecule has 2 rings (SSSR count). The third-order valence-corrected chi connectivity index (χ3v) is 3.64. The molecular formula is C14H13NO4S. The smallest absolute Gasteiger partial charge is 0.325 e. The van der Waals surface area contributed by atoms with E-state index in [1.807, 2.05) is 31.2 Å². The standard InChI is InChI=1S/C14H13NO4S/c1-9-4-3-5-10(6-9)7-11-13(17)15(14(18)20-11)8-12(16)19-2/h3-7H,8H2,1-2H3/b11-7-. The predicted octanol–water partition coefficient (Wildman–Crippen LogP) is 2.20. The van der Waals surface area contributed by atoms with E-state index in [0.29, 0.717) is 4.91 Å². The number of carbonyl (C=O) groups excluding carboxylic acids is 3. The Balaban J connectivity index is 2.21. The van der Waals surface area contributed by atoms with E-state index in [0.717, 1.165) is 27.8 Å². The van der Waals surface area contributed by atoms with Gasteiger partial charge in [0.1, 0.15) is 6.54 Å². The van der Waals surface area contributed by atoms with Gasteiger partial charge in [-0.25, -0.2) is 0 Å². The number of nitrogens with zero attached hydrogens (tertiary/aromatic N) is 1. The summed E-state index contributed by atoms with van der Waals surface area (Å²) < 4.78 is 4.46. The summed E-state index contributed by atoms with van der Waals surface area (Å²) in [6.07, 6.45) is 1.65. The SMILES string of the molecule is COC(=O)CN1C(=O)S/C(=C\c2cccc(C)c2)C1=O. The van der Waals surface area contributed by atoms with Crippen molar-refractivity contribution in [2.45, 2.75) is 6.92 Å². The van der Waals surface area contributed by atoms with Gasteiger partial charge in [-0.05, 0) is 30.3 Å². The zero-order valence-corrected chi connectivity index (χ0v) is 11.9. The molecule has 1 aromatic carbocycles. The fourth-order valence-electron chi connectivity index (χ4n) is 1.74. The fourth-order valence-corrected chi connectivity index (χ4v) is 2.58. The number of imide groups is 1. The van der Waals surface area contributed by atoms with Crippen molar-refractivity contribution >= 4 is 35.0 Å². The molecule has 0 unspecified atom stereocenters. The molecule has 0 spiro atoms. The van der Waals surface area contributed by atoms with Crippen LogP contribution in [0.2, 0.25) is 0 Å². The summed E-state index contributed by atoms with van der Waals surface area (Å²) in [6, 6.07) is 7.58. The Hall–Kier alpha value is -2.08. The van der Waals surface area contributed by atoms with E-state index in [-0.39, 0.29) is 6.54 Å². The van der Waals surface area contributed by atoms with Crippen LogP contribution in [-0.2, 0) is 14.3 Å². The average Bonchev–Trinajstić information content (AvgIpc) is 2.66. The highest BCUT2D eigenvalue weighted by atomic mass is 32.2. The number of thioether (sulfide) groups is 1. The van der Waals surface area contributed by atoms with Gasteiger partial charge in [-0.1, -0.05) is 29.8 Å². The first-order valence-corrected chi connectivity index (χ1v) is 6.72. The average molecular weight is 291 g/mol. The Morgan fingerprint density at radius 1 is 1.40 bits per heavy atom. The van der Waals surface area contributed by atoms with Gasteiger partial charge in [-0.15, -0.1) is 0 Å². The molecule has 1 fully saturated rings. The lowest BCUT2D eigenvalue weighted by Crippen LogP contribution is -2.34. The number of hydrogen-bond donors (Lipinski definition) is 0. The highest BCUT2D eigenvalue weighted by Gasteiger charge is 2.36. The summed E-state index contributed by atoms with van der Waals surface area (Å²) >= 11 is 0.826. The van der Waals surface area contributed by atoms with Crippen molar-refractivity contribution in [2.24, 2.45) is 0 Å². The summed E-state index contributed by atoms with van der Waals surface area (Å²) in [4.78, 5) is 36.2. The second kappa shape index (κ2) is 5.92. The molecule has 0 aromatic heterocycles. The summed E-state index contributed by atoms with van der Waals surface area (Å²) in [6.45, 7) is 1.59. The Kier molecular flexibility index (Phi) is 4.24. The zero-order valence-electron chi connectivity index (χ0n) is 11.1. The second-order valence-corrected chi connectivity index (χ2v) is 5.25. The maximum absolute atomic E-state index is 12.1. The van der Waals surface area contributed by atoms with Crippen molar-refractivity contribution < 1.29 is 19.1 Å². The second-order valence-electron chi connectivity index (χ2n) is 4.26. The van der Waals surface area contributed by atoms with Crippen LogP contribution in [0.3, 0.4) is 0 Å². The molecule has 0 bridgehead atoms. The Labute approximate surface area is 120 Å². The van der Waals surface area contributed by atoms with Crippen LogP contribution in [0.15, 0.2) is 29.2 Å². The molecule has 6 heteroatoms. The largest absolute Gasteiger partial charge is 0.468 e. The van der Waals surface area contributed by atoms with E-state index in [4.69, 9.17) is 0 Å². The number of carbonyl (C=O) groups is 3. The van der Waals surface area contributed by atoms with Gasteiger partial charge in [0.2, 0.25) is 0 Å². The fraction of sp³-hybridized carbons (Fsp3) is 0.214. The summed E-state index contributed by atoms with van der Waals surface area (Å²) in [5, 5.41) is -0.459. The molecule has 5 nitrogen and oxygen atoms in total. The highest BCUT2D eigenvalue weighted by molar-refractivity contribution is 8.18. The van der Waals surface area contributed by atoms with Crippen molar-refractivity contribution in [1.29, 1.82) is 0 Å². The Bertz CT molecular complexity index is 609. The number of hydrogen-bond acceptors (Lipinski definition) is 5. The number of rotatable bonds is 3. The van der Waals surface area contributed by atoms with Gasteiger partial charge in [0.05, 0.1) is 12.0 Å². The highest BCUT2D eigenvalue weighted by Crippen LogP contribution is 2.32. The van der Waals surface area contributed by atoms with Crippen LogP contribution >= 0.6 is 11.8 Å². The number of methoxy groups -OCH3 is 1. The van der Waals surface area contributed by atoms with Crippen LogP contribution in [0.4, 0.5) is 4.79 Å². The number of benzene rings is 1. The van der Waals surface area contributed by atoms with Crippen LogP contribution in [0.5, 0.6) is 0 Å². The normalized spacial score (nSPS) is 16.9. The first-order valence-electron chi connectivity index (χ1n) is 5.90. The summed E-state index contributed by atoms with van der Waals surface area (Å²) in [5.41, 5.74) is 1.90. The van der Waals surface area contributed by atoms with Crippen LogP contribution in [0.25, 0.3) is 6.08 Å². The minimum atomic E-state index is -0.621. The molecular weight excluding hydrogens is 278 g/mol. The lowest BCUT2D eigenvalue weighted by Gasteiger charge is -2.09. The van der Waals surface area contributed by atoms with E-state index in [1.165, 1.54) is 7.11 Å². The molecule has 1 saturated heterocycles. The number of aryl methyl sites for hydroxylation is 1. The minimum absolute atomic E-state index is 0.310. The monoisotopic (exact) mass is 291 g/mol. The van der Waals surface area contributed by atoms with Crippen molar-refractivity contribution in [3.63, 3.8) is 0 Å². The van der Waals surface area contributed by atoms with Gasteiger partial charge in [0.25, 0.3) is 11.1 Å². The molecule has 0 radical (unpaired) electrons. The maximum Gasteiger partial charge on any atom is 0.325 e. The quantitative estimate of drug-likeness (QED) is 0.631. The van der Waals surface area contributed by atoms with Gasteiger partial charge in [-0.3, -0.25) is 19.3 Å². The number of ether oxygens (including phenoxy) is 1. The van der Waals surface area contributed by atoms with Gasteiger partial charge in [-0.2, -0.15) is 0 Å². The molecule has 2 amide bonds. The van der Waals surface area contributed by atoms with Gasteiger partial charge in [0.15, 0.2) is 0 Å². The van der Waals surface area contributed by atoms with E-state index in [1.54, 1.807) is 6.08 Å². The van der Waals surface area contributed by atoms with Crippen molar-refractivity contribution in [3.8, 4) is 0 Å². The predicted molar refractivity (Wildman–Crippen MR) is 75.9 cm³/mol. The van der Waals surface area contributed by atoms with E-state index < -0.39 is 17.1 Å². The summed E-state index contributed by atoms with van der Waals surface area (Å²) in [5.74, 6) is -1.09. The van der Waals surface area contributed by atoms with Crippen LogP contribution in [0, 0.1) is 6.92 Å². The first kappa shape index (κ1) is 14.3. The molecule has 20 heavy (non-hydrogen) atoms. The number of amides is 2. The van der Waals surface area contributed by atoms with Gasteiger partial charge in [0, 0.05) is 0 Å². The van der Waals surface area contributed by atoms with Crippen LogP contribution in [-0.4, -0.2) is 35.7 Å². The molecule has 1 aliphatic heterocycles. The third kappa shape index (κ3) is 3.08. The maximum atomic E-state index is 12.1. The molecule has 104 valence electrons. The molecule has 0 aliphatic carbocycles. The Morgan fingerprint density at radius 2 is 2.15 bits per heavy atom. The van der Waals surface area contributed by atoms with Crippen LogP contribution < -0.4 is 0 Å². The molecule has 1 aliphatic rings. The lowest BCUT2D eigenvalue weighted by atomic mass is 10.1. The topological polar surface area (TPSA) is 63.7 Å². The first-order chi connectivity index (χ1) is 9.51. The van der Waals surface area contributed by atoms with E-state index in [2.05, 4.69) is 4.74 Å². The van der Waals surface area contributed by atoms with Crippen molar-refractivity contribution in [1.82, 2.24) is 4.90 Å². The van der Waals surface area contributed by atoms with Gasteiger partial charge >= 0.3 is 5.97 Å².